The molecule has 1 N–H and O–H groups in total. The summed E-state index contributed by atoms with van der Waals surface area (Å²) in [6, 6.07) is 1.08. The van der Waals surface area contributed by atoms with Gasteiger partial charge in [0, 0.05) is 12.3 Å². The quantitative estimate of drug-likeness (QED) is 0.724. The second-order valence-electron chi connectivity index (χ2n) is 3.83. The van der Waals surface area contributed by atoms with Gasteiger partial charge in [-0.2, -0.15) is 9.37 Å². The zero-order chi connectivity index (χ0) is 11.5. The topological polar surface area (TPSA) is 64.1 Å². The minimum absolute atomic E-state index is 0.121. The highest BCUT2D eigenvalue weighted by Gasteiger charge is 2.16. The monoisotopic (exact) mass is 213 g/mol. The van der Waals surface area contributed by atoms with Crippen molar-refractivity contribution in [1.82, 2.24) is 9.97 Å². The van der Waals surface area contributed by atoms with Gasteiger partial charge in [0.05, 0.1) is 0 Å². The van der Waals surface area contributed by atoms with E-state index in [9.17, 15) is 9.18 Å². The van der Waals surface area contributed by atoms with E-state index in [-0.39, 0.29) is 5.95 Å². The third kappa shape index (κ3) is 4.35. The van der Waals surface area contributed by atoms with Crippen LogP contribution in [0, 0.1) is 5.95 Å². The molecule has 15 heavy (non-hydrogen) atoms. The van der Waals surface area contributed by atoms with Gasteiger partial charge in [0.25, 0.3) is 0 Å². The van der Waals surface area contributed by atoms with E-state index in [1.807, 2.05) is 0 Å². The van der Waals surface area contributed by atoms with Crippen LogP contribution >= 0.6 is 0 Å². The number of nitrogens with zero attached hydrogens (tertiary/aromatic N) is 2. The molecule has 1 aromatic rings. The van der Waals surface area contributed by atoms with Gasteiger partial charge in [0.1, 0.15) is 5.60 Å². The molecule has 6 heteroatoms. The number of halogens is 1. The van der Waals surface area contributed by atoms with E-state index < -0.39 is 17.6 Å². The summed E-state index contributed by atoms with van der Waals surface area (Å²) in [7, 11) is 0. The maximum atomic E-state index is 12.6. The van der Waals surface area contributed by atoms with Gasteiger partial charge in [-0.05, 0) is 20.8 Å². The molecule has 0 radical (unpaired) electrons. The normalized spacial score (nSPS) is 10.9. The molecule has 0 atom stereocenters. The van der Waals surface area contributed by atoms with Crippen LogP contribution in [0.25, 0.3) is 0 Å². The second-order valence-corrected chi connectivity index (χ2v) is 3.83. The van der Waals surface area contributed by atoms with Gasteiger partial charge in [-0.25, -0.2) is 9.78 Å². The summed E-state index contributed by atoms with van der Waals surface area (Å²) >= 11 is 0. The summed E-state index contributed by atoms with van der Waals surface area (Å²) in [6.07, 6.45) is 0.489. The van der Waals surface area contributed by atoms with Crippen molar-refractivity contribution < 1.29 is 13.9 Å². The Bertz CT molecular complexity index is 363. The van der Waals surface area contributed by atoms with Crippen LogP contribution in [-0.2, 0) is 4.74 Å². The van der Waals surface area contributed by atoms with Crippen LogP contribution in [0.2, 0.25) is 0 Å². The van der Waals surface area contributed by atoms with Crippen molar-refractivity contribution in [2.75, 3.05) is 5.32 Å². The molecule has 0 unspecified atom stereocenters. The first-order valence-corrected chi connectivity index (χ1v) is 4.35. The fourth-order valence-electron chi connectivity index (χ4n) is 0.792. The molecule has 1 heterocycles. The predicted molar refractivity (Wildman–Crippen MR) is 51.8 cm³/mol. The molecule has 0 aliphatic carbocycles. The number of carbonyl (C=O) groups excluding carboxylic acids is 1. The highest BCUT2D eigenvalue weighted by atomic mass is 19.1. The fourth-order valence-corrected chi connectivity index (χ4v) is 0.792. The van der Waals surface area contributed by atoms with Crippen molar-refractivity contribution in [2.45, 2.75) is 26.4 Å². The Morgan fingerprint density at radius 3 is 2.73 bits per heavy atom. The summed E-state index contributed by atoms with van der Waals surface area (Å²) in [6.45, 7) is 5.16. The number of anilines is 1. The third-order valence-corrected chi connectivity index (χ3v) is 1.23. The summed E-state index contributed by atoms with van der Waals surface area (Å²) < 4.78 is 17.5. The highest BCUT2D eigenvalue weighted by Crippen LogP contribution is 2.08. The Kier molecular flexibility index (Phi) is 3.18. The molecule has 82 valence electrons. The second kappa shape index (κ2) is 4.20. The molecule has 0 saturated carbocycles. The molecular weight excluding hydrogens is 201 g/mol. The highest BCUT2D eigenvalue weighted by molar-refractivity contribution is 5.82. The molecular formula is C9H12FN3O2. The molecule has 1 rings (SSSR count). The third-order valence-electron chi connectivity index (χ3n) is 1.23. The maximum absolute atomic E-state index is 12.6. The van der Waals surface area contributed by atoms with E-state index in [0.29, 0.717) is 0 Å². The molecule has 0 saturated heterocycles. The van der Waals surface area contributed by atoms with Crippen LogP contribution in [0.4, 0.5) is 15.1 Å². The molecule has 0 aliphatic rings. The Morgan fingerprint density at radius 2 is 2.20 bits per heavy atom. The number of carbonyl (C=O) groups is 1. The summed E-state index contributed by atoms with van der Waals surface area (Å²) in [5.41, 5.74) is -0.614. The molecule has 0 aromatic carbocycles. The first kappa shape index (κ1) is 11.4. The predicted octanol–water partition coefficient (Wildman–Crippen LogP) is 1.96. The summed E-state index contributed by atoms with van der Waals surface area (Å²) in [5, 5.41) is 2.22. The van der Waals surface area contributed by atoms with E-state index in [1.54, 1.807) is 20.8 Å². The SMILES string of the molecule is CC(C)(C)OC(=O)Nc1nccc(F)n1. The number of ether oxygens (including phenoxy) is 1. The van der Waals surface area contributed by atoms with Crippen LogP contribution in [0.5, 0.6) is 0 Å². The van der Waals surface area contributed by atoms with Gasteiger partial charge in [-0.1, -0.05) is 0 Å². The minimum Gasteiger partial charge on any atom is -0.444 e. The van der Waals surface area contributed by atoms with Gasteiger partial charge >= 0.3 is 6.09 Å². The first-order chi connectivity index (χ1) is 6.87. The number of nitrogens with one attached hydrogen (secondary N) is 1. The number of hydrogen-bond donors (Lipinski definition) is 1. The summed E-state index contributed by atoms with van der Waals surface area (Å²) in [5.74, 6) is -0.833. The Balaban J connectivity index is 2.59. The standard InChI is InChI=1S/C9H12FN3O2/c1-9(2,3)15-8(14)13-7-11-5-4-6(10)12-7/h4-5H,1-3H3,(H,11,12,13,14). The largest absolute Gasteiger partial charge is 0.444 e. The lowest BCUT2D eigenvalue weighted by Crippen LogP contribution is -2.27. The van der Waals surface area contributed by atoms with Gasteiger partial charge in [0.15, 0.2) is 0 Å². The van der Waals surface area contributed by atoms with E-state index in [1.165, 1.54) is 6.20 Å². The van der Waals surface area contributed by atoms with E-state index in [2.05, 4.69) is 15.3 Å². The van der Waals surface area contributed by atoms with Gasteiger partial charge in [-0.15, -0.1) is 0 Å². The number of rotatable bonds is 1. The fraction of sp³-hybridized carbons (Fsp3) is 0.444. The molecule has 0 bridgehead atoms. The van der Waals surface area contributed by atoms with Crippen molar-refractivity contribution in [2.24, 2.45) is 0 Å². The Hall–Kier alpha value is -1.72. The van der Waals surface area contributed by atoms with Crippen molar-refractivity contribution in [3.8, 4) is 0 Å². The summed E-state index contributed by atoms with van der Waals surface area (Å²) in [4.78, 5) is 18.2. The zero-order valence-electron chi connectivity index (χ0n) is 8.74. The smallest absolute Gasteiger partial charge is 0.414 e. The lowest BCUT2D eigenvalue weighted by atomic mass is 10.2. The van der Waals surface area contributed by atoms with Gasteiger partial charge in [0.2, 0.25) is 11.9 Å². The van der Waals surface area contributed by atoms with Crippen LogP contribution < -0.4 is 5.32 Å². The molecule has 1 amide bonds. The zero-order valence-corrected chi connectivity index (χ0v) is 8.74. The van der Waals surface area contributed by atoms with Crippen LogP contribution in [0.3, 0.4) is 0 Å². The van der Waals surface area contributed by atoms with Crippen molar-refractivity contribution in [3.05, 3.63) is 18.2 Å². The molecule has 0 spiro atoms. The Labute approximate surface area is 86.7 Å². The van der Waals surface area contributed by atoms with Gasteiger partial charge < -0.3 is 4.74 Å². The number of amides is 1. The van der Waals surface area contributed by atoms with E-state index in [4.69, 9.17) is 4.74 Å². The average Bonchev–Trinajstić information content (AvgIpc) is 1.99. The molecule has 0 aliphatic heterocycles. The number of aromatic nitrogens is 2. The minimum atomic E-state index is -0.715. The molecule has 5 nitrogen and oxygen atoms in total. The lowest BCUT2D eigenvalue weighted by Gasteiger charge is -2.19. The molecule has 1 aromatic heterocycles. The van der Waals surface area contributed by atoms with Crippen molar-refractivity contribution >= 4 is 12.0 Å². The Morgan fingerprint density at radius 1 is 1.53 bits per heavy atom. The number of hydrogen-bond acceptors (Lipinski definition) is 4. The van der Waals surface area contributed by atoms with E-state index >= 15 is 0 Å². The maximum Gasteiger partial charge on any atom is 0.414 e. The van der Waals surface area contributed by atoms with Crippen LogP contribution in [-0.4, -0.2) is 21.7 Å². The lowest BCUT2D eigenvalue weighted by molar-refractivity contribution is 0.0634. The average molecular weight is 213 g/mol. The van der Waals surface area contributed by atoms with Crippen LogP contribution in [0.15, 0.2) is 12.3 Å². The van der Waals surface area contributed by atoms with Crippen molar-refractivity contribution in [3.63, 3.8) is 0 Å². The van der Waals surface area contributed by atoms with Crippen molar-refractivity contribution in [1.29, 1.82) is 0 Å². The van der Waals surface area contributed by atoms with E-state index in [0.717, 1.165) is 6.07 Å². The van der Waals surface area contributed by atoms with Crippen LogP contribution in [0.1, 0.15) is 20.8 Å². The van der Waals surface area contributed by atoms with Gasteiger partial charge in [-0.3, -0.25) is 5.32 Å². The molecule has 0 fully saturated rings. The first-order valence-electron chi connectivity index (χ1n) is 4.35.